The third-order valence-corrected chi connectivity index (χ3v) is 6.63. The van der Waals surface area contributed by atoms with Gasteiger partial charge in [0.15, 0.2) is 0 Å². The molecular weight excluding hydrogens is 443 g/mol. The van der Waals surface area contributed by atoms with Crippen LogP contribution < -0.4 is 5.32 Å². The summed E-state index contributed by atoms with van der Waals surface area (Å²) in [5.41, 5.74) is 1.33. The van der Waals surface area contributed by atoms with E-state index in [9.17, 15) is 9.59 Å². The minimum absolute atomic E-state index is 0.00398. The predicted octanol–water partition coefficient (Wildman–Crippen LogP) is 5.67. The first-order valence-corrected chi connectivity index (χ1v) is 11.3. The van der Waals surface area contributed by atoms with Crippen LogP contribution in [0, 0.1) is 0 Å². The highest BCUT2D eigenvalue weighted by atomic mass is 35.5. The van der Waals surface area contributed by atoms with Gasteiger partial charge in [-0.1, -0.05) is 71.9 Å². The van der Waals surface area contributed by atoms with E-state index in [0.717, 1.165) is 31.2 Å². The fourth-order valence-electron chi connectivity index (χ4n) is 3.74. The Bertz CT molecular complexity index is 893. The zero-order valence-electron chi connectivity index (χ0n) is 16.8. The van der Waals surface area contributed by atoms with E-state index < -0.39 is 6.04 Å². The van der Waals surface area contributed by atoms with Crippen molar-refractivity contribution in [3.63, 3.8) is 0 Å². The van der Waals surface area contributed by atoms with Crippen LogP contribution in [-0.4, -0.2) is 28.8 Å². The summed E-state index contributed by atoms with van der Waals surface area (Å²) in [5.74, 6) is -0.397. The maximum atomic E-state index is 13.3. The molecule has 3 rings (SSSR count). The molecule has 0 aliphatic heterocycles. The van der Waals surface area contributed by atoms with E-state index in [1.807, 2.05) is 18.2 Å². The summed E-state index contributed by atoms with van der Waals surface area (Å²) in [6.45, 7) is 1.97. The van der Waals surface area contributed by atoms with Gasteiger partial charge in [0.2, 0.25) is 11.8 Å². The second-order valence-electron chi connectivity index (χ2n) is 7.66. The lowest BCUT2D eigenvalue weighted by atomic mass is 10.1. The Kier molecular flexibility index (Phi) is 8.04. The minimum Gasteiger partial charge on any atom is -0.352 e. The second-order valence-corrected chi connectivity index (χ2v) is 8.88. The second kappa shape index (κ2) is 10.5. The molecule has 2 aromatic carbocycles. The molecule has 2 aromatic rings. The predicted molar refractivity (Wildman–Crippen MR) is 122 cm³/mol. The number of hydrogen-bond acceptors (Lipinski definition) is 2. The number of carbonyl (C=O) groups excluding carboxylic acids is 2. The molecule has 1 fully saturated rings. The topological polar surface area (TPSA) is 49.4 Å². The van der Waals surface area contributed by atoms with Crippen molar-refractivity contribution in [1.82, 2.24) is 10.2 Å². The van der Waals surface area contributed by atoms with E-state index in [1.165, 1.54) is 0 Å². The van der Waals surface area contributed by atoms with Crippen LogP contribution in [0.3, 0.4) is 0 Å². The molecule has 160 valence electrons. The molecule has 0 saturated heterocycles. The van der Waals surface area contributed by atoms with E-state index >= 15 is 0 Å². The van der Waals surface area contributed by atoms with Crippen molar-refractivity contribution >= 4 is 46.6 Å². The molecule has 7 heteroatoms. The molecule has 0 spiro atoms. The van der Waals surface area contributed by atoms with E-state index in [4.69, 9.17) is 34.8 Å². The Morgan fingerprint density at radius 3 is 2.23 bits per heavy atom. The van der Waals surface area contributed by atoms with E-state index in [2.05, 4.69) is 5.32 Å². The average molecular weight is 468 g/mol. The summed E-state index contributed by atoms with van der Waals surface area (Å²) in [5, 5.41) is 4.49. The molecule has 1 aliphatic rings. The van der Waals surface area contributed by atoms with Gasteiger partial charge in [-0.25, -0.2) is 0 Å². The Labute approximate surface area is 192 Å². The summed E-state index contributed by atoms with van der Waals surface area (Å²) in [7, 11) is 0. The molecule has 30 heavy (non-hydrogen) atoms. The first kappa shape index (κ1) is 22.9. The smallest absolute Gasteiger partial charge is 0.242 e. The highest BCUT2D eigenvalue weighted by Gasteiger charge is 2.29. The van der Waals surface area contributed by atoms with E-state index in [1.54, 1.807) is 36.1 Å². The van der Waals surface area contributed by atoms with Gasteiger partial charge in [0.05, 0.1) is 6.42 Å². The van der Waals surface area contributed by atoms with Crippen molar-refractivity contribution in [2.75, 3.05) is 0 Å². The number of amides is 2. The summed E-state index contributed by atoms with van der Waals surface area (Å²) in [6.07, 6.45) is 4.20. The number of benzene rings is 2. The summed E-state index contributed by atoms with van der Waals surface area (Å²) < 4.78 is 0. The Balaban J connectivity index is 1.83. The van der Waals surface area contributed by atoms with Crippen molar-refractivity contribution in [3.05, 3.63) is 68.7 Å². The van der Waals surface area contributed by atoms with Gasteiger partial charge in [0, 0.05) is 27.7 Å². The molecule has 0 heterocycles. The molecule has 1 aliphatic carbocycles. The highest BCUT2D eigenvalue weighted by Crippen LogP contribution is 2.27. The number of halogens is 3. The third-order valence-electron chi connectivity index (χ3n) is 5.56. The molecule has 2 amide bonds. The van der Waals surface area contributed by atoms with Crippen molar-refractivity contribution in [3.8, 4) is 0 Å². The monoisotopic (exact) mass is 466 g/mol. The fourth-order valence-corrected chi connectivity index (χ4v) is 4.47. The minimum atomic E-state index is -0.657. The lowest BCUT2D eigenvalue weighted by molar-refractivity contribution is -0.140. The zero-order valence-corrected chi connectivity index (χ0v) is 19.1. The number of rotatable bonds is 7. The molecular formula is C23H25Cl3N2O2. The van der Waals surface area contributed by atoms with Gasteiger partial charge in [-0.15, -0.1) is 0 Å². The molecule has 4 nitrogen and oxygen atoms in total. The van der Waals surface area contributed by atoms with Gasteiger partial charge in [0.1, 0.15) is 6.04 Å². The molecule has 0 bridgehead atoms. The van der Waals surface area contributed by atoms with Gasteiger partial charge in [-0.05, 0) is 49.1 Å². The number of nitrogens with zero attached hydrogens (tertiary/aromatic N) is 1. The van der Waals surface area contributed by atoms with Crippen LogP contribution in [0.25, 0.3) is 0 Å². The normalized spacial score (nSPS) is 15.1. The van der Waals surface area contributed by atoms with Crippen molar-refractivity contribution < 1.29 is 9.59 Å². The highest BCUT2D eigenvalue weighted by molar-refractivity contribution is 6.36. The van der Waals surface area contributed by atoms with Crippen LogP contribution in [0.2, 0.25) is 15.1 Å². The SMILES string of the molecule is C[C@H](C(=O)NC1CCCC1)N(Cc1ccccc1Cl)C(=O)Cc1c(Cl)cccc1Cl. The Morgan fingerprint density at radius 2 is 1.60 bits per heavy atom. The fraction of sp³-hybridized carbons (Fsp3) is 0.391. The van der Waals surface area contributed by atoms with Gasteiger partial charge < -0.3 is 10.2 Å². The molecule has 0 radical (unpaired) electrons. The first-order valence-electron chi connectivity index (χ1n) is 10.1. The van der Waals surface area contributed by atoms with Crippen LogP contribution in [0.5, 0.6) is 0 Å². The number of nitrogens with one attached hydrogen (secondary N) is 1. The van der Waals surface area contributed by atoms with Gasteiger partial charge in [-0.2, -0.15) is 0 Å². The van der Waals surface area contributed by atoms with Gasteiger partial charge in [0.25, 0.3) is 0 Å². The van der Waals surface area contributed by atoms with Crippen LogP contribution in [-0.2, 0) is 22.6 Å². The van der Waals surface area contributed by atoms with Crippen LogP contribution >= 0.6 is 34.8 Å². The first-order chi connectivity index (χ1) is 14.4. The average Bonchev–Trinajstić information content (AvgIpc) is 3.22. The summed E-state index contributed by atoms with van der Waals surface area (Å²) in [6, 6.07) is 12.0. The zero-order chi connectivity index (χ0) is 21.7. The summed E-state index contributed by atoms with van der Waals surface area (Å²) in [4.78, 5) is 27.8. The lowest BCUT2D eigenvalue weighted by Crippen LogP contribution is -2.50. The van der Waals surface area contributed by atoms with Crippen molar-refractivity contribution in [2.45, 2.75) is 57.7 Å². The molecule has 0 aromatic heterocycles. The Hall–Kier alpha value is -1.75. The van der Waals surface area contributed by atoms with E-state index in [-0.39, 0.29) is 30.8 Å². The lowest BCUT2D eigenvalue weighted by Gasteiger charge is -2.30. The van der Waals surface area contributed by atoms with Gasteiger partial charge >= 0.3 is 0 Å². The van der Waals surface area contributed by atoms with Crippen LogP contribution in [0.1, 0.15) is 43.7 Å². The van der Waals surface area contributed by atoms with Crippen LogP contribution in [0.15, 0.2) is 42.5 Å². The maximum Gasteiger partial charge on any atom is 0.242 e. The van der Waals surface area contributed by atoms with Crippen molar-refractivity contribution in [1.29, 1.82) is 0 Å². The third kappa shape index (κ3) is 5.69. The largest absolute Gasteiger partial charge is 0.352 e. The molecule has 0 unspecified atom stereocenters. The van der Waals surface area contributed by atoms with E-state index in [0.29, 0.717) is 20.6 Å². The molecule has 1 N–H and O–H groups in total. The Morgan fingerprint density at radius 1 is 1.00 bits per heavy atom. The van der Waals surface area contributed by atoms with Gasteiger partial charge in [-0.3, -0.25) is 9.59 Å². The number of carbonyl (C=O) groups is 2. The van der Waals surface area contributed by atoms with Crippen molar-refractivity contribution in [2.24, 2.45) is 0 Å². The molecule has 1 atom stereocenters. The van der Waals surface area contributed by atoms with Crippen LogP contribution in [0.4, 0.5) is 0 Å². The quantitative estimate of drug-likeness (QED) is 0.571. The molecule has 1 saturated carbocycles. The maximum absolute atomic E-state index is 13.3. The number of hydrogen-bond donors (Lipinski definition) is 1. The summed E-state index contributed by atoms with van der Waals surface area (Å²) >= 11 is 18.9. The standard InChI is InChI=1S/C23H25Cl3N2O2/c1-15(23(30)27-17-8-3-4-9-17)28(14-16-7-2-5-10-19(16)24)22(29)13-18-20(25)11-6-12-21(18)26/h2,5-7,10-12,15,17H,3-4,8-9,13-14H2,1H3,(H,27,30)/t15-/m1/s1.